The van der Waals surface area contributed by atoms with E-state index in [0.29, 0.717) is 5.39 Å². The Morgan fingerprint density at radius 2 is 1.38 bits per heavy atom. The highest BCUT2D eigenvalue weighted by Gasteiger charge is 2.25. The normalized spacial score (nSPS) is 10.9. The molecule has 0 aliphatic carbocycles. The highest BCUT2D eigenvalue weighted by molar-refractivity contribution is 6.20. The number of rotatable bonds is 5. The van der Waals surface area contributed by atoms with Crippen molar-refractivity contribution >= 4 is 34.6 Å². The van der Waals surface area contributed by atoms with Gasteiger partial charge in [0, 0.05) is 5.56 Å². The van der Waals surface area contributed by atoms with Gasteiger partial charge in [0.1, 0.15) is 0 Å². The third kappa shape index (κ3) is 3.23. The van der Waals surface area contributed by atoms with E-state index < -0.39 is 23.3 Å². The Labute approximate surface area is 148 Å². The van der Waals surface area contributed by atoms with Crippen LogP contribution >= 0.6 is 0 Å². The molecule has 0 heterocycles. The van der Waals surface area contributed by atoms with E-state index in [9.17, 15) is 24.6 Å². The van der Waals surface area contributed by atoms with Crippen LogP contribution in [0.15, 0.2) is 66.7 Å². The molecule has 0 aliphatic rings. The van der Waals surface area contributed by atoms with Crippen LogP contribution in [0.5, 0.6) is 0 Å². The SMILES string of the molecule is O=C(C=Cc1ccccc1)c1cc2ccccc2c(C(=O)O)c1C(=O)O. The van der Waals surface area contributed by atoms with Crippen LogP contribution in [0.2, 0.25) is 0 Å². The molecule has 0 fully saturated rings. The van der Waals surface area contributed by atoms with E-state index in [1.165, 1.54) is 18.2 Å². The lowest BCUT2D eigenvalue weighted by Crippen LogP contribution is -2.15. The second-order valence-corrected chi connectivity index (χ2v) is 5.61. The van der Waals surface area contributed by atoms with Crippen LogP contribution in [0.25, 0.3) is 16.8 Å². The fraction of sp³-hybridized carbons (Fsp3) is 0. The standard InChI is InChI=1S/C21H14O5/c22-17(11-10-13-6-2-1-3-7-13)16-12-14-8-4-5-9-15(14)18(20(23)24)19(16)21(25)26/h1-12H,(H,23,24)(H,25,26). The maximum absolute atomic E-state index is 12.6. The Hall–Kier alpha value is -3.73. The summed E-state index contributed by atoms with van der Waals surface area (Å²) in [5, 5.41) is 19.9. The van der Waals surface area contributed by atoms with E-state index in [1.807, 2.05) is 18.2 Å². The highest BCUT2D eigenvalue weighted by atomic mass is 16.4. The van der Waals surface area contributed by atoms with Crippen molar-refractivity contribution in [1.82, 2.24) is 0 Å². The van der Waals surface area contributed by atoms with E-state index in [2.05, 4.69) is 0 Å². The number of hydrogen-bond acceptors (Lipinski definition) is 3. The molecule has 5 heteroatoms. The minimum absolute atomic E-state index is 0.152. The van der Waals surface area contributed by atoms with Gasteiger partial charge in [-0.05, 0) is 28.5 Å². The van der Waals surface area contributed by atoms with Gasteiger partial charge in [0.05, 0.1) is 11.1 Å². The third-order valence-corrected chi connectivity index (χ3v) is 3.97. The molecule has 3 aromatic carbocycles. The molecule has 0 atom stereocenters. The van der Waals surface area contributed by atoms with Gasteiger partial charge in [-0.3, -0.25) is 4.79 Å². The van der Waals surface area contributed by atoms with Crippen molar-refractivity contribution in [2.24, 2.45) is 0 Å². The number of carboxylic acids is 2. The Balaban J connectivity index is 2.20. The summed E-state index contributed by atoms with van der Waals surface area (Å²) >= 11 is 0. The first-order chi connectivity index (χ1) is 12.5. The van der Waals surface area contributed by atoms with E-state index >= 15 is 0 Å². The lowest BCUT2D eigenvalue weighted by Gasteiger charge is -2.11. The van der Waals surface area contributed by atoms with Crippen molar-refractivity contribution in [1.29, 1.82) is 0 Å². The quantitative estimate of drug-likeness (QED) is 0.535. The molecule has 0 amide bonds. The zero-order valence-electron chi connectivity index (χ0n) is 13.5. The number of allylic oxidation sites excluding steroid dienone is 1. The van der Waals surface area contributed by atoms with Gasteiger partial charge in [-0.25, -0.2) is 9.59 Å². The average molecular weight is 346 g/mol. The summed E-state index contributed by atoms with van der Waals surface area (Å²) in [7, 11) is 0. The Kier molecular flexibility index (Phi) is 4.62. The summed E-state index contributed by atoms with van der Waals surface area (Å²) < 4.78 is 0. The number of benzene rings is 3. The molecular weight excluding hydrogens is 332 g/mol. The zero-order valence-corrected chi connectivity index (χ0v) is 13.5. The van der Waals surface area contributed by atoms with E-state index in [0.717, 1.165) is 5.56 Å². The minimum Gasteiger partial charge on any atom is -0.478 e. The molecule has 0 radical (unpaired) electrons. The number of ketones is 1. The van der Waals surface area contributed by atoms with Crippen molar-refractivity contribution in [2.45, 2.75) is 0 Å². The van der Waals surface area contributed by atoms with E-state index in [4.69, 9.17) is 0 Å². The number of carbonyl (C=O) groups excluding carboxylic acids is 1. The molecule has 3 rings (SSSR count). The van der Waals surface area contributed by atoms with Crippen molar-refractivity contribution in [3.63, 3.8) is 0 Å². The van der Waals surface area contributed by atoms with Gasteiger partial charge in [0.15, 0.2) is 5.78 Å². The Morgan fingerprint density at radius 1 is 0.769 bits per heavy atom. The van der Waals surface area contributed by atoms with Gasteiger partial charge >= 0.3 is 11.9 Å². The molecule has 3 aromatic rings. The molecule has 0 saturated heterocycles. The van der Waals surface area contributed by atoms with Gasteiger partial charge in [0.25, 0.3) is 0 Å². The monoisotopic (exact) mass is 346 g/mol. The second kappa shape index (κ2) is 7.03. The van der Waals surface area contributed by atoms with E-state index in [1.54, 1.807) is 36.4 Å². The first-order valence-electron chi connectivity index (χ1n) is 7.79. The van der Waals surface area contributed by atoms with Crippen LogP contribution in [0.3, 0.4) is 0 Å². The first kappa shape index (κ1) is 17.1. The Bertz CT molecular complexity index is 1050. The van der Waals surface area contributed by atoms with Crippen molar-refractivity contribution < 1.29 is 24.6 Å². The lowest BCUT2D eigenvalue weighted by molar-refractivity contribution is 0.0651. The van der Waals surface area contributed by atoms with Crippen molar-refractivity contribution in [3.8, 4) is 0 Å². The topological polar surface area (TPSA) is 91.7 Å². The molecule has 0 unspecified atom stereocenters. The molecule has 0 aliphatic heterocycles. The molecule has 5 nitrogen and oxygen atoms in total. The maximum Gasteiger partial charge on any atom is 0.337 e. The number of carbonyl (C=O) groups is 3. The molecule has 0 spiro atoms. The number of fused-ring (bicyclic) bond motifs is 1. The van der Waals surface area contributed by atoms with Crippen LogP contribution in [-0.4, -0.2) is 27.9 Å². The number of aromatic carboxylic acids is 2. The highest BCUT2D eigenvalue weighted by Crippen LogP contribution is 2.27. The van der Waals surface area contributed by atoms with Gasteiger partial charge in [-0.1, -0.05) is 60.7 Å². The van der Waals surface area contributed by atoms with Gasteiger partial charge in [0.2, 0.25) is 0 Å². The second-order valence-electron chi connectivity index (χ2n) is 5.61. The first-order valence-corrected chi connectivity index (χ1v) is 7.79. The fourth-order valence-corrected chi connectivity index (χ4v) is 2.81. The van der Waals surface area contributed by atoms with Gasteiger partial charge < -0.3 is 10.2 Å². The van der Waals surface area contributed by atoms with Crippen LogP contribution in [0, 0.1) is 0 Å². The number of hydrogen-bond donors (Lipinski definition) is 2. The molecule has 0 saturated carbocycles. The predicted octanol–water partition coefficient (Wildman–Crippen LogP) is 4.13. The van der Waals surface area contributed by atoms with Crippen molar-refractivity contribution in [2.75, 3.05) is 0 Å². The molecule has 0 bridgehead atoms. The van der Waals surface area contributed by atoms with Crippen molar-refractivity contribution in [3.05, 3.63) is 89.0 Å². The van der Waals surface area contributed by atoms with Gasteiger partial charge in [-0.15, -0.1) is 0 Å². The van der Waals surface area contributed by atoms with E-state index in [-0.39, 0.29) is 16.5 Å². The van der Waals surface area contributed by atoms with Crippen LogP contribution in [-0.2, 0) is 0 Å². The average Bonchev–Trinajstić information content (AvgIpc) is 2.65. The largest absolute Gasteiger partial charge is 0.478 e. The number of carboxylic acid groups (broad SMARTS) is 2. The molecule has 26 heavy (non-hydrogen) atoms. The van der Waals surface area contributed by atoms with Crippen LogP contribution in [0.4, 0.5) is 0 Å². The third-order valence-electron chi connectivity index (χ3n) is 3.97. The van der Waals surface area contributed by atoms with Crippen LogP contribution in [0.1, 0.15) is 36.6 Å². The molecule has 0 aromatic heterocycles. The zero-order chi connectivity index (χ0) is 18.7. The summed E-state index contributed by atoms with van der Waals surface area (Å²) in [5.74, 6) is -3.41. The summed E-state index contributed by atoms with van der Waals surface area (Å²) in [6, 6.07) is 17.0. The predicted molar refractivity (Wildman–Crippen MR) is 97.7 cm³/mol. The molecule has 128 valence electrons. The van der Waals surface area contributed by atoms with Crippen LogP contribution < -0.4 is 0 Å². The summed E-state index contributed by atoms with van der Waals surface area (Å²) in [4.78, 5) is 36.1. The summed E-state index contributed by atoms with van der Waals surface area (Å²) in [6.07, 6.45) is 2.81. The maximum atomic E-state index is 12.6. The Morgan fingerprint density at radius 3 is 2.04 bits per heavy atom. The summed E-state index contributed by atoms with van der Waals surface area (Å²) in [5.41, 5.74) is -0.260. The van der Waals surface area contributed by atoms with Gasteiger partial charge in [-0.2, -0.15) is 0 Å². The lowest BCUT2D eigenvalue weighted by atomic mass is 9.91. The molecular formula is C21H14O5. The molecule has 2 N–H and O–H groups in total. The fourth-order valence-electron chi connectivity index (χ4n) is 2.81. The summed E-state index contributed by atoms with van der Waals surface area (Å²) in [6.45, 7) is 0. The minimum atomic E-state index is -1.45. The smallest absolute Gasteiger partial charge is 0.337 e.